The highest BCUT2D eigenvalue weighted by molar-refractivity contribution is 5.40. The van der Waals surface area contributed by atoms with Gasteiger partial charge in [0.25, 0.3) is 0 Å². The molecule has 2 nitrogen and oxygen atoms in total. The maximum Gasteiger partial charge on any atom is 0.124 e. The summed E-state index contributed by atoms with van der Waals surface area (Å²) in [4.78, 5) is 0. The van der Waals surface area contributed by atoms with E-state index in [4.69, 9.17) is 5.26 Å². The molecule has 0 radical (unpaired) electrons. The van der Waals surface area contributed by atoms with Gasteiger partial charge in [-0.2, -0.15) is 5.26 Å². The van der Waals surface area contributed by atoms with Gasteiger partial charge in [0.2, 0.25) is 0 Å². The first-order valence-electron chi connectivity index (χ1n) is 6.60. The van der Waals surface area contributed by atoms with Crippen molar-refractivity contribution in [2.45, 2.75) is 44.6 Å². The summed E-state index contributed by atoms with van der Waals surface area (Å²) in [7, 11) is 0. The third kappa shape index (κ3) is 2.78. The van der Waals surface area contributed by atoms with Crippen molar-refractivity contribution in [3.05, 3.63) is 47.4 Å². The smallest absolute Gasteiger partial charge is 0.124 e. The maximum atomic E-state index is 13.5. The van der Waals surface area contributed by atoms with Crippen molar-refractivity contribution in [1.82, 2.24) is 5.32 Å². The zero-order chi connectivity index (χ0) is 14.0. The molecule has 1 aliphatic carbocycles. The number of nitrogens with zero attached hydrogens (tertiary/aromatic N) is 1. The van der Waals surface area contributed by atoms with Crippen molar-refractivity contribution in [2.24, 2.45) is 0 Å². The van der Waals surface area contributed by atoms with Gasteiger partial charge in [-0.25, -0.2) is 4.39 Å². The molecule has 0 aliphatic heterocycles. The quantitative estimate of drug-likeness (QED) is 0.895. The number of rotatable bonds is 4. The minimum Gasteiger partial charge on any atom is -0.385 e. The summed E-state index contributed by atoms with van der Waals surface area (Å²) in [6, 6.07) is 6.95. The van der Waals surface area contributed by atoms with Crippen LogP contribution in [0.2, 0.25) is 0 Å². The highest BCUT2D eigenvalue weighted by Gasteiger charge is 2.28. The predicted molar refractivity (Wildman–Crippen MR) is 74.1 cm³/mol. The third-order valence-corrected chi connectivity index (χ3v) is 3.99. The first-order chi connectivity index (χ1) is 8.93. The molecule has 19 heavy (non-hydrogen) atoms. The van der Waals surface area contributed by atoms with Crippen LogP contribution >= 0.6 is 0 Å². The van der Waals surface area contributed by atoms with Gasteiger partial charge in [0, 0.05) is 17.2 Å². The number of halogens is 1. The second-order valence-corrected chi connectivity index (χ2v) is 5.72. The van der Waals surface area contributed by atoms with Gasteiger partial charge in [-0.15, -0.1) is 0 Å². The van der Waals surface area contributed by atoms with Crippen LogP contribution in [-0.4, -0.2) is 6.04 Å². The van der Waals surface area contributed by atoms with Crippen molar-refractivity contribution < 1.29 is 4.39 Å². The minimum absolute atomic E-state index is 0.347. The zero-order valence-electron chi connectivity index (χ0n) is 11.5. The average molecular weight is 258 g/mol. The van der Waals surface area contributed by atoms with Crippen LogP contribution in [0.25, 0.3) is 0 Å². The Bertz CT molecular complexity index is 536. The van der Waals surface area contributed by atoms with Crippen molar-refractivity contribution in [1.29, 1.82) is 5.26 Å². The van der Waals surface area contributed by atoms with Crippen LogP contribution in [0.4, 0.5) is 4.39 Å². The average Bonchev–Trinajstić information content (AvgIpc) is 2.32. The van der Waals surface area contributed by atoms with Gasteiger partial charge in [0.1, 0.15) is 5.82 Å². The molecule has 0 atom stereocenters. The Kier molecular flexibility index (Phi) is 3.61. The molecule has 0 unspecified atom stereocenters. The van der Waals surface area contributed by atoms with Gasteiger partial charge in [-0.3, -0.25) is 0 Å². The van der Waals surface area contributed by atoms with Gasteiger partial charge in [-0.1, -0.05) is 20.4 Å². The largest absolute Gasteiger partial charge is 0.385 e. The molecule has 1 fully saturated rings. The molecule has 0 heterocycles. The molecular weight excluding hydrogens is 239 g/mol. The maximum absolute atomic E-state index is 13.5. The van der Waals surface area contributed by atoms with Crippen molar-refractivity contribution >= 4 is 0 Å². The number of nitrogens with one attached hydrogen (secondary N) is 1. The Morgan fingerprint density at radius 3 is 2.63 bits per heavy atom. The second-order valence-electron chi connectivity index (χ2n) is 5.72. The molecule has 0 amide bonds. The first-order valence-corrected chi connectivity index (χ1v) is 6.60. The predicted octanol–water partition coefficient (Wildman–Crippen LogP) is 3.63. The molecule has 0 aromatic heterocycles. The van der Waals surface area contributed by atoms with Gasteiger partial charge in [0.15, 0.2) is 0 Å². The van der Waals surface area contributed by atoms with E-state index < -0.39 is 5.41 Å². The lowest BCUT2D eigenvalue weighted by atomic mass is 9.80. The van der Waals surface area contributed by atoms with Crippen LogP contribution in [0.15, 0.2) is 30.5 Å². The molecule has 1 N–H and O–H groups in total. The molecule has 0 bridgehead atoms. The summed E-state index contributed by atoms with van der Waals surface area (Å²) in [6.07, 6.45) is 3.59. The van der Waals surface area contributed by atoms with Crippen LogP contribution in [-0.2, 0) is 5.41 Å². The van der Waals surface area contributed by atoms with E-state index >= 15 is 0 Å². The summed E-state index contributed by atoms with van der Waals surface area (Å²) in [5, 5.41) is 12.3. The first kappa shape index (κ1) is 13.6. The van der Waals surface area contributed by atoms with E-state index in [0.29, 0.717) is 11.6 Å². The Labute approximate surface area is 113 Å². The van der Waals surface area contributed by atoms with E-state index in [1.807, 2.05) is 19.9 Å². The number of hydrogen-bond donors (Lipinski definition) is 1. The Morgan fingerprint density at radius 2 is 2.11 bits per heavy atom. The number of benzene rings is 1. The van der Waals surface area contributed by atoms with E-state index in [2.05, 4.69) is 11.9 Å². The third-order valence-electron chi connectivity index (χ3n) is 3.99. The topological polar surface area (TPSA) is 35.8 Å². The van der Waals surface area contributed by atoms with E-state index in [1.165, 1.54) is 31.4 Å². The molecule has 3 heteroatoms. The van der Waals surface area contributed by atoms with Crippen molar-refractivity contribution in [2.75, 3.05) is 0 Å². The Hall–Kier alpha value is -1.82. The van der Waals surface area contributed by atoms with Crippen molar-refractivity contribution in [3.63, 3.8) is 0 Å². The lowest BCUT2D eigenvalue weighted by Gasteiger charge is -2.35. The number of allylic oxidation sites excluding steroid dienone is 1. The fourth-order valence-corrected chi connectivity index (χ4v) is 2.17. The van der Waals surface area contributed by atoms with Crippen LogP contribution in [0.3, 0.4) is 0 Å². The molecule has 1 saturated carbocycles. The van der Waals surface area contributed by atoms with E-state index in [0.717, 1.165) is 11.3 Å². The second kappa shape index (κ2) is 5.05. The van der Waals surface area contributed by atoms with Crippen LogP contribution in [0.5, 0.6) is 0 Å². The summed E-state index contributed by atoms with van der Waals surface area (Å²) in [5.41, 5.74) is 1.61. The molecular formula is C16H19FN2. The monoisotopic (exact) mass is 258 g/mol. The molecule has 100 valence electrons. The van der Waals surface area contributed by atoms with E-state index in [9.17, 15) is 4.39 Å². The lowest BCUT2D eigenvalue weighted by molar-refractivity contribution is 0.346. The summed E-state index contributed by atoms with van der Waals surface area (Å²) >= 11 is 0. The fraction of sp³-hybridized carbons (Fsp3) is 0.438. The van der Waals surface area contributed by atoms with E-state index in [1.54, 1.807) is 6.07 Å². The Morgan fingerprint density at radius 1 is 1.42 bits per heavy atom. The molecule has 0 saturated heterocycles. The minimum atomic E-state index is -0.400. The van der Waals surface area contributed by atoms with Crippen LogP contribution in [0.1, 0.15) is 44.2 Å². The summed E-state index contributed by atoms with van der Waals surface area (Å²) in [6.45, 7) is 8.09. The highest BCUT2D eigenvalue weighted by atomic mass is 19.1. The zero-order valence-corrected chi connectivity index (χ0v) is 11.5. The molecule has 1 aromatic rings. The van der Waals surface area contributed by atoms with Crippen LogP contribution in [0, 0.1) is 17.1 Å². The number of nitriles is 1. The molecule has 1 aromatic carbocycles. The summed E-state index contributed by atoms with van der Waals surface area (Å²) < 4.78 is 13.5. The Balaban J connectivity index is 2.24. The van der Waals surface area contributed by atoms with Gasteiger partial charge in [-0.05, 0) is 43.0 Å². The lowest BCUT2D eigenvalue weighted by Crippen LogP contribution is -2.40. The molecule has 2 rings (SSSR count). The number of hydrogen-bond acceptors (Lipinski definition) is 2. The SMILES string of the molecule is C=C(NC1CCC1)C(C)(C)c1cc(F)cc(C#N)c1. The van der Waals surface area contributed by atoms with Gasteiger partial charge in [0.05, 0.1) is 11.6 Å². The standard InChI is InChI=1S/C16H19FN2/c1-11(19-15-5-4-6-15)16(2,3)13-7-12(10-18)8-14(17)9-13/h7-9,15,19H,1,4-6H2,2-3H3. The van der Waals surface area contributed by atoms with Gasteiger partial charge >= 0.3 is 0 Å². The molecule has 0 spiro atoms. The normalized spacial score (nSPS) is 15.5. The van der Waals surface area contributed by atoms with Crippen molar-refractivity contribution in [3.8, 4) is 6.07 Å². The van der Waals surface area contributed by atoms with Gasteiger partial charge < -0.3 is 5.32 Å². The fourth-order valence-electron chi connectivity index (χ4n) is 2.17. The van der Waals surface area contributed by atoms with E-state index in [-0.39, 0.29) is 5.82 Å². The molecule has 1 aliphatic rings. The summed E-state index contributed by atoms with van der Waals surface area (Å²) in [5.74, 6) is -0.376. The highest BCUT2D eigenvalue weighted by Crippen LogP contribution is 2.32. The van der Waals surface area contributed by atoms with Crippen LogP contribution < -0.4 is 5.32 Å².